The maximum atomic E-state index is 2.46. The zero-order chi connectivity index (χ0) is 30.2. The molecule has 10 aromatic rings. The van der Waals surface area contributed by atoms with Gasteiger partial charge in [0.2, 0.25) is 0 Å². The van der Waals surface area contributed by atoms with Crippen LogP contribution in [0.4, 0.5) is 0 Å². The Labute approximate surface area is 274 Å². The molecule has 0 atom stereocenters. The van der Waals surface area contributed by atoms with E-state index in [0.29, 0.717) is 0 Å². The van der Waals surface area contributed by atoms with E-state index in [1.807, 2.05) is 22.7 Å². The van der Waals surface area contributed by atoms with Crippen LogP contribution in [0.3, 0.4) is 0 Å². The van der Waals surface area contributed by atoms with Crippen LogP contribution >= 0.6 is 22.7 Å². The van der Waals surface area contributed by atoms with E-state index in [0.717, 1.165) is 0 Å². The fourth-order valence-electron chi connectivity index (χ4n) is 7.41. The van der Waals surface area contributed by atoms with Crippen molar-refractivity contribution in [3.63, 3.8) is 0 Å². The summed E-state index contributed by atoms with van der Waals surface area (Å²) in [5.41, 5.74) is 7.58. The van der Waals surface area contributed by atoms with Gasteiger partial charge in [-0.05, 0) is 79.2 Å². The molecule has 214 valence electrons. The molecule has 0 fully saturated rings. The lowest BCUT2D eigenvalue weighted by Crippen LogP contribution is -1.91. The average Bonchev–Trinajstić information content (AvgIpc) is 3.69. The molecular weight excluding hydrogens is 593 g/mol. The molecule has 0 spiro atoms. The highest BCUT2D eigenvalue weighted by Crippen LogP contribution is 2.48. The third-order valence-corrected chi connectivity index (χ3v) is 11.8. The van der Waals surface area contributed by atoms with Gasteiger partial charge in [0.05, 0.1) is 0 Å². The number of hydrogen-bond acceptors (Lipinski definition) is 2. The molecule has 0 amide bonds. The predicted octanol–water partition coefficient (Wildman–Crippen LogP) is 13.7. The molecule has 0 saturated carbocycles. The Hall–Kier alpha value is -5.28. The topological polar surface area (TPSA) is 0 Å². The van der Waals surface area contributed by atoms with Crippen LogP contribution in [-0.4, -0.2) is 0 Å². The molecule has 0 nitrogen and oxygen atoms in total. The van der Waals surface area contributed by atoms with E-state index in [1.54, 1.807) is 0 Å². The number of fused-ring (bicyclic) bond motifs is 9. The summed E-state index contributed by atoms with van der Waals surface area (Å²) in [5.74, 6) is 0. The minimum Gasteiger partial charge on any atom is -0.135 e. The summed E-state index contributed by atoms with van der Waals surface area (Å²) in [4.78, 5) is 0. The Morgan fingerprint density at radius 1 is 0.283 bits per heavy atom. The highest BCUT2D eigenvalue weighted by atomic mass is 32.1. The van der Waals surface area contributed by atoms with Gasteiger partial charge in [0, 0.05) is 40.3 Å². The molecule has 8 aromatic carbocycles. The number of thiophene rings is 2. The van der Waals surface area contributed by atoms with Gasteiger partial charge < -0.3 is 0 Å². The lowest BCUT2D eigenvalue weighted by atomic mass is 9.85. The normalized spacial score (nSPS) is 11.9. The summed E-state index contributed by atoms with van der Waals surface area (Å²) in [5, 5.41) is 10.6. The largest absolute Gasteiger partial charge is 0.135 e. The molecule has 0 aliphatic carbocycles. The van der Waals surface area contributed by atoms with Gasteiger partial charge >= 0.3 is 0 Å². The van der Waals surface area contributed by atoms with Crippen LogP contribution in [0, 0.1) is 0 Å². The van der Waals surface area contributed by atoms with E-state index < -0.39 is 0 Å². The Kier molecular flexibility index (Phi) is 5.72. The highest BCUT2D eigenvalue weighted by Gasteiger charge is 2.19. The van der Waals surface area contributed by atoms with Crippen molar-refractivity contribution in [3.8, 4) is 33.4 Å². The molecule has 0 N–H and O–H groups in total. The second-order valence-electron chi connectivity index (χ2n) is 12.0. The first kappa shape index (κ1) is 26.0. The number of benzene rings is 8. The minimum atomic E-state index is 1.23. The lowest BCUT2D eigenvalue weighted by Gasteiger charge is -2.18. The van der Waals surface area contributed by atoms with Gasteiger partial charge in [-0.25, -0.2) is 0 Å². The average molecular weight is 619 g/mol. The van der Waals surface area contributed by atoms with Gasteiger partial charge in [-0.15, -0.1) is 22.7 Å². The second-order valence-corrected chi connectivity index (χ2v) is 14.1. The first-order valence-electron chi connectivity index (χ1n) is 15.7. The maximum absolute atomic E-state index is 2.46. The molecule has 2 aromatic heterocycles. The van der Waals surface area contributed by atoms with Crippen LogP contribution in [0.2, 0.25) is 0 Å². The van der Waals surface area contributed by atoms with Crippen molar-refractivity contribution >= 4 is 84.6 Å². The molecule has 10 rings (SSSR count). The van der Waals surface area contributed by atoms with Crippen molar-refractivity contribution in [2.45, 2.75) is 0 Å². The van der Waals surface area contributed by atoms with Crippen LogP contribution in [0.25, 0.3) is 95.3 Å². The molecule has 2 heterocycles. The van der Waals surface area contributed by atoms with E-state index in [-0.39, 0.29) is 0 Å². The molecule has 0 bridgehead atoms. The van der Waals surface area contributed by atoms with Crippen molar-refractivity contribution < 1.29 is 0 Å². The van der Waals surface area contributed by atoms with E-state index in [4.69, 9.17) is 0 Å². The van der Waals surface area contributed by atoms with Gasteiger partial charge in [-0.2, -0.15) is 0 Å². The van der Waals surface area contributed by atoms with Gasteiger partial charge in [0.1, 0.15) is 0 Å². The summed E-state index contributed by atoms with van der Waals surface area (Å²) < 4.78 is 5.44. The first-order chi connectivity index (χ1) is 22.8. The SMILES string of the molecule is c1ccc(-c2ccc(-c3c4ccccc4c(-c4ccc5sc6ccc7c8ccccc8sc7c6c5c4)c4ccccc34)cc2)cc1. The third kappa shape index (κ3) is 3.84. The molecular formula is C44H26S2. The molecule has 0 aliphatic heterocycles. The standard InChI is InChI=1S/C44H26S2/c1-2-10-27(11-3-1)28-18-20-29(21-19-28)41-32-13-4-6-15-34(32)42(35-16-7-5-14-33(35)41)30-22-24-39-37(26-30)43-40(45-39)25-23-36-31-12-8-9-17-38(31)46-44(36)43/h1-26H. The van der Waals surface area contributed by atoms with Crippen LogP contribution in [-0.2, 0) is 0 Å². The van der Waals surface area contributed by atoms with E-state index >= 15 is 0 Å². The highest BCUT2D eigenvalue weighted by molar-refractivity contribution is 7.29. The summed E-state index contributed by atoms with van der Waals surface area (Å²) in [6.07, 6.45) is 0. The van der Waals surface area contributed by atoms with E-state index in [1.165, 1.54) is 95.3 Å². The van der Waals surface area contributed by atoms with Crippen LogP contribution in [0.15, 0.2) is 158 Å². The quantitative estimate of drug-likeness (QED) is 0.173. The Balaban J connectivity index is 1.24. The van der Waals surface area contributed by atoms with Crippen molar-refractivity contribution in [1.82, 2.24) is 0 Å². The monoisotopic (exact) mass is 618 g/mol. The van der Waals surface area contributed by atoms with Gasteiger partial charge in [0.15, 0.2) is 0 Å². The molecule has 0 unspecified atom stereocenters. The summed E-state index contributed by atoms with van der Waals surface area (Å²) in [6, 6.07) is 58.2. The zero-order valence-electron chi connectivity index (χ0n) is 24.8. The first-order valence-corrected chi connectivity index (χ1v) is 17.3. The van der Waals surface area contributed by atoms with Crippen LogP contribution in [0.1, 0.15) is 0 Å². The summed E-state index contributed by atoms with van der Waals surface area (Å²) >= 11 is 3.83. The molecule has 0 radical (unpaired) electrons. The summed E-state index contributed by atoms with van der Waals surface area (Å²) in [6.45, 7) is 0. The Morgan fingerprint density at radius 2 is 0.783 bits per heavy atom. The number of rotatable bonds is 3. The smallest absolute Gasteiger partial charge is 0.0448 e. The zero-order valence-corrected chi connectivity index (χ0v) is 26.5. The molecule has 0 saturated heterocycles. The van der Waals surface area contributed by atoms with Crippen LogP contribution in [0.5, 0.6) is 0 Å². The van der Waals surface area contributed by atoms with Gasteiger partial charge in [0.25, 0.3) is 0 Å². The summed E-state index contributed by atoms with van der Waals surface area (Å²) in [7, 11) is 0. The molecule has 46 heavy (non-hydrogen) atoms. The fraction of sp³-hybridized carbons (Fsp3) is 0. The Bertz CT molecular complexity index is 2720. The van der Waals surface area contributed by atoms with Gasteiger partial charge in [-0.3, -0.25) is 0 Å². The molecule has 2 heteroatoms. The van der Waals surface area contributed by atoms with Crippen molar-refractivity contribution in [1.29, 1.82) is 0 Å². The third-order valence-electron chi connectivity index (χ3n) is 9.48. The van der Waals surface area contributed by atoms with Crippen LogP contribution < -0.4 is 0 Å². The van der Waals surface area contributed by atoms with E-state index in [9.17, 15) is 0 Å². The van der Waals surface area contributed by atoms with E-state index in [2.05, 4.69) is 158 Å². The minimum absolute atomic E-state index is 1.23. The van der Waals surface area contributed by atoms with Crippen molar-refractivity contribution in [2.24, 2.45) is 0 Å². The van der Waals surface area contributed by atoms with Crippen molar-refractivity contribution in [2.75, 3.05) is 0 Å². The molecule has 0 aliphatic rings. The second kappa shape index (κ2) is 10.1. The lowest BCUT2D eigenvalue weighted by molar-refractivity contribution is 1.61. The predicted molar refractivity (Wildman–Crippen MR) is 204 cm³/mol. The Morgan fingerprint density at radius 3 is 1.48 bits per heavy atom. The number of hydrogen-bond donors (Lipinski definition) is 0. The fourth-order valence-corrected chi connectivity index (χ4v) is 9.83. The van der Waals surface area contributed by atoms with Gasteiger partial charge in [-0.1, -0.05) is 133 Å². The van der Waals surface area contributed by atoms with Crippen molar-refractivity contribution in [3.05, 3.63) is 158 Å². The maximum Gasteiger partial charge on any atom is 0.0448 e.